The third-order valence-electron chi connectivity index (χ3n) is 4.78. The number of nitrogens with one attached hydrogen (secondary N) is 1. The first kappa shape index (κ1) is 18.7. The highest BCUT2D eigenvalue weighted by Crippen LogP contribution is 2.24. The van der Waals surface area contributed by atoms with E-state index in [1.165, 1.54) is 5.56 Å². The molecule has 29 heavy (non-hydrogen) atoms. The summed E-state index contributed by atoms with van der Waals surface area (Å²) >= 11 is 0. The number of aryl methyl sites for hydroxylation is 2. The Hall–Kier alpha value is -3.67. The summed E-state index contributed by atoms with van der Waals surface area (Å²) in [5, 5.41) is 7.12. The smallest absolute Gasteiger partial charge is 0.255 e. The number of amides is 1. The van der Waals surface area contributed by atoms with Crippen molar-refractivity contribution >= 4 is 11.6 Å². The zero-order valence-electron chi connectivity index (χ0n) is 16.4. The van der Waals surface area contributed by atoms with Crippen LogP contribution in [0.25, 0.3) is 11.5 Å². The van der Waals surface area contributed by atoms with Gasteiger partial charge >= 0.3 is 0 Å². The highest BCUT2D eigenvalue weighted by atomic mass is 16.4. The number of nitrogens with zero attached hydrogens (tertiary/aromatic N) is 3. The number of rotatable bonds is 6. The Labute approximate surface area is 169 Å². The van der Waals surface area contributed by atoms with Crippen LogP contribution in [0.1, 0.15) is 34.3 Å². The van der Waals surface area contributed by atoms with E-state index in [4.69, 9.17) is 4.42 Å². The van der Waals surface area contributed by atoms with Gasteiger partial charge in [-0.3, -0.25) is 9.48 Å². The summed E-state index contributed by atoms with van der Waals surface area (Å²) in [6, 6.07) is 17.0. The monoisotopic (exact) mass is 386 g/mol. The van der Waals surface area contributed by atoms with Crippen molar-refractivity contribution in [3.63, 3.8) is 0 Å². The van der Waals surface area contributed by atoms with Crippen LogP contribution in [0, 0.1) is 6.92 Å². The van der Waals surface area contributed by atoms with E-state index < -0.39 is 0 Å². The molecule has 146 valence electrons. The molecule has 2 heterocycles. The van der Waals surface area contributed by atoms with Crippen LogP contribution in [0.4, 0.5) is 5.69 Å². The average Bonchev–Trinajstić information content (AvgIpc) is 3.39. The summed E-state index contributed by atoms with van der Waals surface area (Å²) in [6.45, 7) is 4.55. The number of aromatic nitrogens is 3. The molecule has 0 fully saturated rings. The Morgan fingerprint density at radius 2 is 1.86 bits per heavy atom. The molecule has 0 aliphatic carbocycles. The maximum absolute atomic E-state index is 12.4. The summed E-state index contributed by atoms with van der Waals surface area (Å²) in [5.41, 5.74) is 4.26. The largest absolute Gasteiger partial charge is 0.441 e. The van der Waals surface area contributed by atoms with E-state index >= 15 is 0 Å². The topological polar surface area (TPSA) is 73.0 Å². The molecule has 1 amide bonds. The minimum atomic E-state index is -0.131. The lowest BCUT2D eigenvalue weighted by atomic mass is 10.1. The van der Waals surface area contributed by atoms with Crippen LogP contribution in [0.3, 0.4) is 0 Å². The Kier molecular flexibility index (Phi) is 5.24. The van der Waals surface area contributed by atoms with Gasteiger partial charge in [0.15, 0.2) is 0 Å². The van der Waals surface area contributed by atoms with Crippen molar-refractivity contribution in [2.45, 2.75) is 26.8 Å². The van der Waals surface area contributed by atoms with Crippen LogP contribution < -0.4 is 5.32 Å². The third kappa shape index (κ3) is 4.27. The van der Waals surface area contributed by atoms with Crippen LogP contribution in [0.15, 0.2) is 71.4 Å². The van der Waals surface area contributed by atoms with E-state index in [1.807, 2.05) is 67.7 Å². The molecule has 6 nitrogen and oxygen atoms in total. The molecule has 6 heteroatoms. The van der Waals surface area contributed by atoms with Gasteiger partial charge in [0.2, 0.25) is 5.89 Å². The van der Waals surface area contributed by atoms with Crippen LogP contribution in [-0.4, -0.2) is 20.7 Å². The van der Waals surface area contributed by atoms with Gasteiger partial charge in [-0.15, -0.1) is 0 Å². The molecule has 1 N–H and O–H groups in total. The molecular formula is C23H22N4O2. The Balaban J connectivity index is 1.45. The lowest BCUT2D eigenvalue weighted by Gasteiger charge is -2.06. The van der Waals surface area contributed by atoms with Gasteiger partial charge in [0, 0.05) is 29.2 Å². The molecule has 0 unspecified atom stereocenters. The Bertz CT molecular complexity index is 1100. The first-order valence-corrected chi connectivity index (χ1v) is 9.57. The average molecular weight is 386 g/mol. The molecule has 2 aromatic carbocycles. The van der Waals surface area contributed by atoms with Gasteiger partial charge in [0.1, 0.15) is 11.5 Å². The van der Waals surface area contributed by atoms with E-state index in [-0.39, 0.29) is 5.91 Å². The zero-order valence-corrected chi connectivity index (χ0v) is 16.4. The van der Waals surface area contributed by atoms with Gasteiger partial charge < -0.3 is 9.73 Å². The molecule has 0 aliphatic heterocycles. The van der Waals surface area contributed by atoms with Crippen LogP contribution in [-0.2, 0) is 13.0 Å². The molecule has 4 rings (SSSR count). The third-order valence-corrected chi connectivity index (χ3v) is 4.78. The SMILES string of the molecule is CCc1ccc(C(=O)Nc2ccc(-c3nc(Cn4cccn4)c(C)o3)cc2)cc1. The van der Waals surface area contributed by atoms with Crippen molar-refractivity contribution in [3.8, 4) is 11.5 Å². The second-order valence-electron chi connectivity index (χ2n) is 6.81. The fraction of sp³-hybridized carbons (Fsp3) is 0.174. The second kappa shape index (κ2) is 8.14. The zero-order chi connectivity index (χ0) is 20.2. The molecule has 0 radical (unpaired) electrons. The van der Waals surface area contributed by atoms with Crippen molar-refractivity contribution in [2.24, 2.45) is 0 Å². The van der Waals surface area contributed by atoms with Gasteiger partial charge in [-0.1, -0.05) is 19.1 Å². The summed E-state index contributed by atoms with van der Waals surface area (Å²) in [5.74, 6) is 1.19. The van der Waals surface area contributed by atoms with Crippen molar-refractivity contribution < 1.29 is 9.21 Å². The number of hydrogen-bond acceptors (Lipinski definition) is 4. The van der Waals surface area contributed by atoms with E-state index in [2.05, 4.69) is 22.3 Å². The number of benzene rings is 2. The van der Waals surface area contributed by atoms with Crippen LogP contribution in [0.2, 0.25) is 0 Å². The lowest BCUT2D eigenvalue weighted by Crippen LogP contribution is -2.11. The number of hydrogen-bond donors (Lipinski definition) is 1. The van der Waals surface area contributed by atoms with E-state index in [0.29, 0.717) is 18.0 Å². The maximum Gasteiger partial charge on any atom is 0.255 e. The molecule has 0 bridgehead atoms. The number of anilines is 1. The van der Waals surface area contributed by atoms with Gasteiger partial charge in [0.05, 0.1) is 6.54 Å². The fourth-order valence-corrected chi connectivity index (χ4v) is 3.04. The van der Waals surface area contributed by atoms with Gasteiger partial charge in [-0.05, 0) is 61.4 Å². The van der Waals surface area contributed by atoms with Crippen LogP contribution >= 0.6 is 0 Å². The summed E-state index contributed by atoms with van der Waals surface area (Å²) in [6.07, 6.45) is 4.58. The minimum absolute atomic E-state index is 0.131. The van der Waals surface area contributed by atoms with Crippen molar-refractivity contribution in [1.29, 1.82) is 0 Å². The lowest BCUT2D eigenvalue weighted by molar-refractivity contribution is 0.102. The van der Waals surface area contributed by atoms with Gasteiger partial charge in [-0.25, -0.2) is 4.98 Å². The normalized spacial score (nSPS) is 10.8. The summed E-state index contributed by atoms with van der Waals surface area (Å²) in [7, 11) is 0. The highest BCUT2D eigenvalue weighted by Gasteiger charge is 2.13. The standard InChI is InChI=1S/C23H22N4O2/c1-3-17-5-7-18(8-6-17)22(28)25-20-11-9-19(10-12-20)23-26-21(16(2)29-23)15-27-14-4-13-24-27/h4-14H,3,15H2,1-2H3,(H,25,28). The number of carbonyl (C=O) groups excluding carboxylic acids is 1. The van der Waals surface area contributed by atoms with Crippen molar-refractivity contribution in [2.75, 3.05) is 5.32 Å². The van der Waals surface area contributed by atoms with E-state index in [0.717, 1.165) is 29.1 Å². The minimum Gasteiger partial charge on any atom is -0.441 e. The molecule has 0 spiro atoms. The fourth-order valence-electron chi connectivity index (χ4n) is 3.04. The predicted octanol–water partition coefficient (Wildman–Crippen LogP) is 4.71. The molecule has 2 aromatic heterocycles. The van der Waals surface area contributed by atoms with Gasteiger partial charge in [0.25, 0.3) is 5.91 Å². The van der Waals surface area contributed by atoms with E-state index in [1.54, 1.807) is 10.9 Å². The van der Waals surface area contributed by atoms with Gasteiger partial charge in [-0.2, -0.15) is 5.10 Å². The van der Waals surface area contributed by atoms with E-state index in [9.17, 15) is 4.79 Å². The Morgan fingerprint density at radius 3 is 2.52 bits per heavy atom. The second-order valence-corrected chi connectivity index (χ2v) is 6.81. The molecule has 0 saturated heterocycles. The molecule has 0 atom stereocenters. The first-order chi connectivity index (χ1) is 14.1. The molecule has 0 saturated carbocycles. The van der Waals surface area contributed by atoms with Crippen molar-refractivity contribution in [3.05, 3.63) is 89.6 Å². The predicted molar refractivity (Wildman–Crippen MR) is 112 cm³/mol. The summed E-state index contributed by atoms with van der Waals surface area (Å²) in [4.78, 5) is 17.0. The molecule has 4 aromatic rings. The molecule has 0 aliphatic rings. The highest BCUT2D eigenvalue weighted by molar-refractivity contribution is 6.04. The number of oxazole rings is 1. The van der Waals surface area contributed by atoms with Crippen molar-refractivity contribution in [1.82, 2.24) is 14.8 Å². The molecular weight excluding hydrogens is 364 g/mol. The Morgan fingerprint density at radius 1 is 1.10 bits per heavy atom. The summed E-state index contributed by atoms with van der Waals surface area (Å²) < 4.78 is 7.63. The number of carbonyl (C=O) groups is 1. The quantitative estimate of drug-likeness (QED) is 0.521. The maximum atomic E-state index is 12.4. The first-order valence-electron chi connectivity index (χ1n) is 9.57. The van der Waals surface area contributed by atoms with Crippen LogP contribution in [0.5, 0.6) is 0 Å².